The summed E-state index contributed by atoms with van der Waals surface area (Å²) in [5, 5.41) is 31.9. The van der Waals surface area contributed by atoms with Crippen LogP contribution in [0.3, 0.4) is 0 Å². The van der Waals surface area contributed by atoms with E-state index in [1.165, 1.54) is 5.56 Å². The molecule has 0 amide bonds. The summed E-state index contributed by atoms with van der Waals surface area (Å²) in [5.74, 6) is -0.440. The van der Waals surface area contributed by atoms with Gasteiger partial charge < -0.3 is 0 Å². The highest BCUT2D eigenvalue weighted by Crippen LogP contribution is 2.66. The Morgan fingerprint density at radius 2 is 0.939 bits per heavy atom. The second-order valence-electron chi connectivity index (χ2n) is 21.6. The van der Waals surface area contributed by atoms with Crippen molar-refractivity contribution in [2.24, 2.45) is 0 Å². The van der Waals surface area contributed by atoms with Crippen molar-refractivity contribution in [2.45, 2.75) is 38.5 Å². The first-order chi connectivity index (χ1) is 39.9. The van der Waals surface area contributed by atoms with Crippen LogP contribution >= 0.6 is 22.7 Å². The quantitative estimate of drug-likeness (QED) is 0.0936. The number of allylic oxidation sites excluding steroid dienone is 6. The van der Waals surface area contributed by atoms with Crippen molar-refractivity contribution < 1.29 is 9.59 Å². The molecule has 8 aromatic carbocycles. The van der Waals surface area contributed by atoms with Gasteiger partial charge in [-0.1, -0.05) is 180 Å². The van der Waals surface area contributed by atoms with Gasteiger partial charge in [-0.3, -0.25) is 9.59 Å². The van der Waals surface area contributed by atoms with Crippen LogP contribution in [-0.4, -0.2) is 11.6 Å². The van der Waals surface area contributed by atoms with E-state index >= 15 is 0 Å². The number of thiophene rings is 2. The first-order valence-corrected chi connectivity index (χ1v) is 28.5. The van der Waals surface area contributed by atoms with E-state index in [4.69, 9.17) is 6.57 Å². The summed E-state index contributed by atoms with van der Waals surface area (Å²) in [5.41, 5.74) is 18.0. The van der Waals surface area contributed by atoms with Crippen LogP contribution in [0.2, 0.25) is 0 Å². The molecule has 4 aliphatic rings. The van der Waals surface area contributed by atoms with Crippen molar-refractivity contribution in [1.82, 2.24) is 0 Å². The van der Waals surface area contributed by atoms with E-state index in [1.807, 2.05) is 36.4 Å². The Morgan fingerprint density at radius 3 is 1.44 bits per heavy atom. The lowest BCUT2D eigenvalue weighted by Crippen LogP contribution is -2.30. The van der Waals surface area contributed by atoms with Crippen LogP contribution in [0.25, 0.3) is 59.1 Å². The number of aryl methyl sites for hydroxylation is 4. The summed E-state index contributed by atoms with van der Waals surface area (Å²) < 4.78 is 1.03. The zero-order valence-electron chi connectivity index (χ0n) is 44.9. The average molecular weight is 1090 g/mol. The molecule has 0 spiro atoms. The third kappa shape index (κ3) is 7.00. The Hall–Kier alpha value is -10.3. The van der Waals surface area contributed by atoms with Gasteiger partial charge in [0.05, 0.1) is 23.5 Å². The second-order valence-corrected chi connectivity index (χ2v) is 23.8. The molecule has 8 heteroatoms. The fourth-order valence-electron chi connectivity index (χ4n) is 13.4. The van der Waals surface area contributed by atoms with Gasteiger partial charge in [0.2, 0.25) is 0 Å². The maximum atomic E-state index is 14.5. The molecule has 0 saturated heterocycles. The van der Waals surface area contributed by atoms with Crippen molar-refractivity contribution in [3.05, 3.63) is 315 Å². The molecule has 2 aromatic heterocycles. The molecule has 0 bridgehead atoms. The number of nitrogens with zero attached hydrogens (tertiary/aromatic N) is 4. The number of rotatable bonds is 6. The smallest absolute Gasteiger partial charge is 0.270 e. The molecule has 0 fully saturated rings. The fourth-order valence-corrected chi connectivity index (χ4v) is 15.9. The molecule has 82 heavy (non-hydrogen) atoms. The summed E-state index contributed by atoms with van der Waals surface area (Å²) in [7, 11) is 0. The lowest BCUT2D eigenvalue weighted by atomic mass is 9.65. The average Bonchev–Trinajstić information content (AvgIpc) is 1.78. The molecule has 14 rings (SSSR count). The summed E-state index contributed by atoms with van der Waals surface area (Å²) in [6, 6.07) is 69.7. The highest BCUT2D eigenvalue weighted by atomic mass is 32.1. The molecule has 0 radical (unpaired) electrons. The van der Waals surface area contributed by atoms with Gasteiger partial charge in [-0.05, 0) is 142 Å². The lowest BCUT2D eigenvalue weighted by Gasteiger charge is -2.36. The predicted octanol–water partition coefficient (Wildman–Crippen LogP) is 17.4. The number of benzene rings is 8. The van der Waals surface area contributed by atoms with Gasteiger partial charge in [-0.15, -0.1) is 22.7 Å². The SMILES string of the molecule is [C-]#[N+]/C(C#N)=C1/C(=Cc2ccc3c4c(sc3c2)-c2cc3c(cc2C4(c2ccc(C)cc2)c2ccc(C)cc2)-c2sc(C=C4C(=O)c5ccccc5C4=C(C#N)C#N)cc2C3(c2ccc(C)cc2)c2ccc(C)cc2)C(=O)c2ccccc21. The van der Waals surface area contributed by atoms with Gasteiger partial charge in [-0.25, -0.2) is 10.1 Å². The van der Waals surface area contributed by atoms with Crippen LogP contribution in [0, 0.1) is 68.3 Å². The van der Waals surface area contributed by atoms with Gasteiger partial charge in [-0.2, -0.15) is 10.5 Å². The first kappa shape index (κ1) is 49.9. The Morgan fingerprint density at radius 1 is 0.476 bits per heavy atom. The van der Waals surface area contributed by atoms with Crippen LogP contribution in [0.4, 0.5) is 0 Å². The van der Waals surface area contributed by atoms with Crippen molar-refractivity contribution in [1.29, 1.82) is 15.8 Å². The molecule has 0 atom stereocenters. The van der Waals surface area contributed by atoms with E-state index in [0.29, 0.717) is 44.5 Å². The lowest BCUT2D eigenvalue weighted by molar-refractivity contribution is 0.103. The molecular formula is C74H44N4O2S2. The minimum absolute atomic E-state index is 0.105. The van der Waals surface area contributed by atoms with Crippen LogP contribution in [-0.2, 0) is 10.8 Å². The predicted molar refractivity (Wildman–Crippen MR) is 328 cm³/mol. The molecule has 10 aromatic rings. The number of hydrogen-bond acceptors (Lipinski definition) is 7. The minimum Gasteiger partial charge on any atom is -0.289 e. The number of Topliss-reactive ketones (excluding diaryl/α,β-unsaturated/α-hetero) is 2. The van der Waals surface area contributed by atoms with E-state index in [1.54, 1.807) is 46.9 Å². The number of fused-ring (bicyclic) bond motifs is 10. The second kappa shape index (κ2) is 18.6. The normalized spacial score (nSPS) is 16.2. The highest BCUT2D eigenvalue weighted by molar-refractivity contribution is 7.22. The Balaban J connectivity index is 1.08. The fraction of sp³-hybridized carbons (Fsp3) is 0.0811. The van der Waals surface area contributed by atoms with Crippen LogP contribution in [0.15, 0.2) is 204 Å². The third-order valence-electron chi connectivity index (χ3n) is 17.1. The van der Waals surface area contributed by atoms with Crippen molar-refractivity contribution in [3.8, 4) is 39.1 Å². The molecule has 384 valence electrons. The van der Waals surface area contributed by atoms with Gasteiger partial charge in [0, 0.05) is 52.8 Å². The van der Waals surface area contributed by atoms with E-state index in [2.05, 4.69) is 184 Å². The number of nitriles is 3. The zero-order valence-corrected chi connectivity index (χ0v) is 46.5. The number of carbonyl (C=O) groups excluding carboxylic acids is 2. The zero-order chi connectivity index (χ0) is 56.3. The van der Waals surface area contributed by atoms with Gasteiger partial charge in [0.15, 0.2) is 11.6 Å². The van der Waals surface area contributed by atoms with Crippen LogP contribution < -0.4 is 0 Å². The topological polar surface area (TPSA) is 110 Å². The molecule has 4 aliphatic carbocycles. The van der Waals surface area contributed by atoms with Crippen molar-refractivity contribution in [2.75, 3.05) is 0 Å². The van der Waals surface area contributed by atoms with Gasteiger partial charge >= 0.3 is 0 Å². The summed E-state index contributed by atoms with van der Waals surface area (Å²) in [4.78, 5) is 35.3. The van der Waals surface area contributed by atoms with Crippen molar-refractivity contribution in [3.63, 3.8) is 0 Å². The van der Waals surface area contributed by atoms with E-state index in [0.717, 1.165) is 103 Å². The minimum atomic E-state index is -0.848. The molecule has 6 nitrogen and oxygen atoms in total. The monoisotopic (exact) mass is 1080 g/mol. The largest absolute Gasteiger partial charge is 0.289 e. The van der Waals surface area contributed by atoms with Crippen LogP contribution in [0.5, 0.6) is 0 Å². The Labute approximate surface area is 482 Å². The third-order valence-corrected chi connectivity index (χ3v) is 19.4. The molecule has 2 heterocycles. The summed E-state index contributed by atoms with van der Waals surface area (Å²) >= 11 is 3.36. The highest BCUT2D eigenvalue weighted by Gasteiger charge is 2.53. The molecular weight excluding hydrogens is 1040 g/mol. The van der Waals surface area contributed by atoms with E-state index in [9.17, 15) is 25.4 Å². The molecule has 0 saturated carbocycles. The Kier molecular flexibility index (Phi) is 11.4. The van der Waals surface area contributed by atoms with Crippen molar-refractivity contribution >= 4 is 67.6 Å². The number of ketones is 2. The van der Waals surface area contributed by atoms with Gasteiger partial charge in [0.25, 0.3) is 5.70 Å². The standard InChI is InChI=1S/C74H44N4O2S2/c1-41-14-23-47(24-15-41)73(48-25-16-42(2)17-26-48)61-37-58-62(36-57(61)71-63(73)35-51(81-71)34-60-66(46(38-75)39-76)52-10-6-8-12-54(52)70(60)80)74(49-27-18-43(3)19-28-49,50-29-20-44(4)21-30-50)68-56-31-22-45(33-65(56)82-72(58)68)32-59-67(64(40-77)78-5)53-11-7-9-13-55(53)69(59)79/h6-37H,1-4H3/b59-32?,60-34?,67-64+. The van der Waals surface area contributed by atoms with Gasteiger partial charge in [0.1, 0.15) is 17.7 Å². The van der Waals surface area contributed by atoms with Crippen LogP contribution in [0.1, 0.15) is 109 Å². The number of hydrogen-bond donors (Lipinski definition) is 0. The number of carbonyl (C=O) groups is 2. The summed E-state index contributed by atoms with van der Waals surface area (Å²) in [6.45, 7) is 16.4. The Bertz CT molecular complexity index is 4710. The molecule has 0 N–H and O–H groups in total. The first-order valence-electron chi connectivity index (χ1n) is 26.9. The summed E-state index contributed by atoms with van der Waals surface area (Å²) in [6.07, 6.45) is 3.73. The van der Waals surface area contributed by atoms with E-state index < -0.39 is 10.8 Å². The van der Waals surface area contributed by atoms with E-state index in [-0.39, 0.29) is 22.8 Å². The molecule has 0 aliphatic heterocycles. The maximum Gasteiger partial charge on any atom is 0.270 e. The molecule has 0 unspecified atom stereocenters. The maximum absolute atomic E-state index is 14.5.